The maximum absolute atomic E-state index is 9.54. The molecule has 3 rings (SSSR count). The second-order valence-electron chi connectivity index (χ2n) is 5.86. The number of benzene rings is 1. The van der Waals surface area contributed by atoms with E-state index in [1.54, 1.807) is 0 Å². The Morgan fingerprint density at radius 2 is 2.00 bits per heavy atom. The van der Waals surface area contributed by atoms with Crippen LogP contribution >= 0.6 is 0 Å². The lowest BCUT2D eigenvalue weighted by molar-refractivity contribution is -0.161. The standard InChI is InChI=1S/C19H24O5/c20-12-18-17(22-13-15-6-2-1-3-7-15)10-9-16(24-18)14-23-19-8-4-5-11-21-19/h1-3,6-7,9,19-20H,4-5,8,10-14H2. The minimum absolute atomic E-state index is 0.152. The van der Waals surface area contributed by atoms with Crippen molar-refractivity contribution < 1.29 is 24.1 Å². The Labute approximate surface area is 142 Å². The highest BCUT2D eigenvalue weighted by Crippen LogP contribution is 2.25. The fourth-order valence-electron chi connectivity index (χ4n) is 2.69. The third kappa shape index (κ3) is 4.84. The van der Waals surface area contributed by atoms with E-state index < -0.39 is 0 Å². The van der Waals surface area contributed by atoms with Crippen LogP contribution in [-0.2, 0) is 25.6 Å². The second-order valence-corrected chi connectivity index (χ2v) is 5.86. The zero-order valence-electron chi connectivity index (χ0n) is 13.8. The molecule has 2 aliphatic rings. The molecule has 0 aromatic heterocycles. The monoisotopic (exact) mass is 332 g/mol. The van der Waals surface area contributed by atoms with Crippen LogP contribution in [0.1, 0.15) is 31.2 Å². The molecule has 0 saturated carbocycles. The molecule has 1 N–H and O–H groups in total. The summed E-state index contributed by atoms with van der Waals surface area (Å²) in [6.07, 6.45) is 5.51. The SMILES string of the molecule is OCC1=C(OCc2ccccc2)CC=C(COC2CCCCO2)O1. The summed E-state index contributed by atoms with van der Waals surface area (Å²) in [6, 6.07) is 9.92. The summed E-state index contributed by atoms with van der Waals surface area (Å²) in [5.41, 5.74) is 1.08. The van der Waals surface area contributed by atoms with Gasteiger partial charge < -0.3 is 24.1 Å². The smallest absolute Gasteiger partial charge is 0.167 e. The van der Waals surface area contributed by atoms with Gasteiger partial charge in [0.05, 0.1) is 0 Å². The van der Waals surface area contributed by atoms with Gasteiger partial charge in [0.1, 0.15) is 31.3 Å². The summed E-state index contributed by atoms with van der Waals surface area (Å²) in [4.78, 5) is 0. The van der Waals surface area contributed by atoms with Gasteiger partial charge >= 0.3 is 0 Å². The van der Waals surface area contributed by atoms with E-state index >= 15 is 0 Å². The fourth-order valence-corrected chi connectivity index (χ4v) is 2.69. The van der Waals surface area contributed by atoms with Crippen LogP contribution < -0.4 is 0 Å². The molecule has 2 heterocycles. The van der Waals surface area contributed by atoms with E-state index in [2.05, 4.69) is 0 Å². The average molecular weight is 332 g/mol. The molecule has 2 aliphatic heterocycles. The molecular weight excluding hydrogens is 308 g/mol. The van der Waals surface area contributed by atoms with E-state index in [9.17, 15) is 5.11 Å². The molecule has 0 spiro atoms. The zero-order chi connectivity index (χ0) is 16.6. The van der Waals surface area contributed by atoms with Gasteiger partial charge in [-0.25, -0.2) is 0 Å². The molecule has 1 aromatic rings. The normalized spacial score (nSPS) is 21.2. The highest BCUT2D eigenvalue weighted by Gasteiger charge is 2.20. The molecule has 24 heavy (non-hydrogen) atoms. The number of hydrogen-bond donors (Lipinski definition) is 1. The maximum Gasteiger partial charge on any atom is 0.167 e. The molecule has 0 aliphatic carbocycles. The number of rotatable bonds is 7. The van der Waals surface area contributed by atoms with E-state index in [4.69, 9.17) is 18.9 Å². The Bertz CT molecular complexity index is 573. The number of aliphatic hydroxyl groups excluding tert-OH is 1. The van der Waals surface area contributed by atoms with Crippen molar-refractivity contribution in [2.45, 2.75) is 38.6 Å². The molecule has 5 nitrogen and oxygen atoms in total. The molecular formula is C19H24O5. The first kappa shape index (κ1) is 17.0. The van der Waals surface area contributed by atoms with Crippen LogP contribution in [0.4, 0.5) is 0 Å². The van der Waals surface area contributed by atoms with Crippen LogP contribution in [0.25, 0.3) is 0 Å². The first-order chi connectivity index (χ1) is 11.8. The number of hydrogen-bond acceptors (Lipinski definition) is 5. The van der Waals surface area contributed by atoms with E-state index in [0.717, 1.165) is 31.4 Å². The summed E-state index contributed by atoms with van der Waals surface area (Å²) in [6.45, 7) is 1.37. The van der Waals surface area contributed by atoms with Crippen LogP contribution in [0, 0.1) is 0 Å². The van der Waals surface area contributed by atoms with E-state index in [0.29, 0.717) is 36.9 Å². The summed E-state index contributed by atoms with van der Waals surface area (Å²) in [5.74, 6) is 1.82. The van der Waals surface area contributed by atoms with Gasteiger partial charge in [-0.2, -0.15) is 0 Å². The van der Waals surface area contributed by atoms with Crippen LogP contribution in [0.3, 0.4) is 0 Å². The summed E-state index contributed by atoms with van der Waals surface area (Å²) < 4.78 is 22.8. The van der Waals surface area contributed by atoms with E-state index in [1.807, 2.05) is 36.4 Å². The van der Waals surface area contributed by atoms with Crippen molar-refractivity contribution in [2.75, 3.05) is 19.8 Å². The van der Waals surface area contributed by atoms with Crippen molar-refractivity contribution in [1.82, 2.24) is 0 Å². The number of aliphatic hydroxyl groups is 1. The molecule has 1 atom stereocenters. The third-order valence-electron chi connectivity index (χ3n) is 4.03. The molecule has 1 fully saturated rings. The molecule has 0 bridgehead atoms. The second kappa shape index (κ2) is 8.87. The van der Waals surface area contributed by atoms with Gasteiger partial charge in [-0.3, -0.25) is 0 Å². The third-order valence-corrected chi connectivity index (χ3v) is 4.03. The minimum atomic E-state index is -0.193. The summed E-state index contributed by atoms with van der Waals surface area (Å²) in [7, 11) is 0. The number of allylic oxidation sites excluding steroid dienone is 1. The van der Waals surface area contributed by atoms with Gasteiger partial charge in [0.25, 0.3) is 0 Å². The maximum atomic E-state index is 9.54. The predicted molar refractivity (Wildman–Crippen MR) is 88.7 cm³/mol. The van der Waals surface area contributed by atoms with Crippen molar-refractivity contribution in [3.8, 4) is 0 Å². The van der Waals surface area contributed by atoms with Gasteiger partial charge in [0.2, 0.25) is 0 Å². The Morgan fingerprint density at radius 1 is 1.12 bits per heavy atom. The van der Waals surface area contributed by atoms with Crippen LogP contribution in [-0.4, -0.2) is 31.2 Å². The topological polar surface area (TPSA) is 57.2 Å². The summed E-state index contributed by atoms with van der Waals surface area (Å²) in [5, 5.41) is 9.54. The van der Waals surface area contributed by atoms with Crippen LogP contribution in [0.2, 0.25) is 0 Å². The zero-order valence-corrected chi connectivity index (χ0v) is 13.8. The van der Waals surface area contributed by atoms with Gasteiger partial charge in [-0.05, 0) is 30.9 Å². The summed E-state index contributed by atoms with van der Waals surface area (Å²) >= 11 is 0. The number of ether oxygens (including phenoxy) is 4. The van der Waals surface area contributed by atoms with Crippen LogP contribution in [0.5, 0.6) is 0 Å². The quantitative estimate of drug-likeness (QED) is 0.830. The van der Waals surface area contributed by atoms with Gasteiger partial charge in [-0.1, -0.05) is 30.3 Å². The van der Waals surface area contributed by atoms with Crippen molar-refractivity contribution >= 4 is 0 Å². The molecule has 1 unspecified atom stereocenters. The van der Waals surface area contributed by atoms with E-state index in [1.165, 1.54) is 0 Å². The molecule has 130 valence electrons. The fraction of sp³-hybridized carbons (Fsp3) is 0.474. The average Bonchev–Trinajstić information content (AvgIpc) is 2.66. The molecule has 0 amide bonds. The molecule has 5 heteroatoms. The minimum Gasteiger partial charge on any atom is -0.489 e. The molecule has 1 aromatic carbocycles. The highest BCUT2D eigenvalue weighted by molar-refractivity contribution is 5.18. The Kier molecular flexibility index (Phi) is 6.29. The van der Waals surface area contributed by atoms with Crippen molar-refractivity contribution in [1.29, 1.82) is 0 Å². The lowest BCUT2D eigenvalue weighted by Gasteiger charge is -2.25. The Balaban J connectivity index is 1.49. The lowest BCUT2D eigenvalue weighted by Crippen LogP contribution is -2.24. The molecule has 0 radical (unpaired) electrons. The van der Waals surface area contributed by atoms with Crippen molar-refractivity contribution in [2.24, 2.45) is 0 Å². The first-order valence-corrected chi connectivity index (χ1v) is 8.45. The Morgan fingerprint density at radius 3 is 2.75 bits per heavy atom. The van der Waals surface area contributed by atoms with E-state index in [-0.39, 0.29) is 12.9 Å². The Hall–Kier alpha value is -1.82. The first-order valence-electron chi connectivity index (χ1n) is 8.45. The van der Waals surface area contributed by atoms with Crippen molar-refractivity contribution in [3.05, 3.63) is 59.2 Å². The lowest BCUT2D eigenvalue weighted by atomic mass is 10.2. The molecule has 1 saturated heterocycles. The predicted octanol–water partition coefficient (Wildman–Crippen LogP) is 3.25. The van der Waals surface area contributed by atoms with Crippen LogP contribution in [0.15, 0.2) is 53.7 Å². The highest BCUT2D eigenvalue weighted by atomic mass is 16.7. The van der Waals surface area contributed by atoms with Crippen molar-refractivity contribution in [3.63, 3.8) is 0 Å². The van der Waals surface area contributed by atoms with Gasteiger partial charge in [-0.15, -0.1) is 0 Å². The largest absolute Gasteiger partial charge is 0.489 e. The van der Waals surface area contributed by atoms with Gasteiger partial charge in [0.15, 0.2) is 12.0 Å². The van der Waals surface area contributed by atoms with Gasteiger partial charge in [0, 0.05) is 13.0 Å².